The minimum atomic E-state index is -0.491. The molecule has 4 heteroatoms. The van der Waals surface area contributed by atoms with Crippen LogP contribution in [0.25, 0.3) is 0 Å². The Kier molecular flexibility index (Phi) is 3.67. The molecule has 0 radical (unpaired) electrons. The molecule has 0 unspecified atom stereocenters. The van der Waals surface area contributed by atoms with E-state index >= 15 is 0 Å². The van der Waals surface area contributed by atoms with Crippen molar-refractivity contribution in [2.45, 2.75) is 26.3 Å². The van der Waals surface area contributed by atoms with Crippen LogP contribution in [0.1, 0.15) is 18.1 Å². The lowest BCUT2D eigenvalue weighted by Crippen LogP contribution is -2.44. The number of amides is 2. The minimum absolute atomic E-state index is 0.116. The van der Waals surface area contributed by atoms with Crippen LogP contribution in [0, 0.1) is 6.92 Å². The van der Waals surface area contributed by atoms with E-state index in [1.165, 1.54) is 6.92 Å². The Morgan fingerprint density at radius 2 is 1.77 bits per heavy atom. The predicted molar refractivity (Wildman–Crippen MR) is 86.9 cm³/mol. The molecule has 4 nitrogen and oxygen atoms in total. The van der Waals surface area contributed by atoms with Crippen molar-refractivity contribution >= 4 is 23.2 Å². The lowest BCUT2D eigenvalue weighted by Gasteiger charge is -2.23. The Morgan fingerprint density at radius 1 is 1.09 bits per heavy atom. The molecule has 3 rings (SSSR count). The number of nitrogens with one attached hydrogen (secondary N) is 1. The molecule has 2 amide bonds. The van der Waals surface area contributed by atoms with Gasteiger partial charge in [-0.2, -0.15) is 0 Å². The topological polar surface area (TPSA) is 49.4 Å². The summed E-state index contributed by atoms with van der Waals surface area (Å²) in [7, 11) is 0. The van der Waals surface area contributed by atoms with Crippen LogP contribution < -0.4 is 10.2 Å². The van der Waals surface area contributed by atoms with Gasteiger partial charge in [0.1, 0.15) is 6.04 Å². The number of rotatable bonds is 2. The second-order valence-corrected chi connectivity index (χ2v) is 5.54. The second kappa shape index (κ2) is 5.64. The van der Waals surface area contributed by atoms with Crippen molar-refractivity contribution in [3.8, 4) is 0 Å². The van der Waals surface area contributed by atoms with Gasteiger partial charge in [0.15, 0.2) is 0 Å². The molecule has 0 aliphatic carbocycles. The Balaban J connectivity index is 1.87. The van der Waals surface area contributed by atoms with Crippen molar-refractivity contribution in [1.29, 1.82) is 0 Å². The summed E-state index contributed by atoms with van der Waals surface area (Å²) in [6, 6.07) is 14.8. The van der Waals surface area contributed by atoms with Crippen LogP contribution in [0.5, 0.6) is 0 Å². The molecule has 0 bridgehead atoms. The molecule has 0 fully saturated rings. The van der Waals surface area contributed by atoms with Crippen molar-refractivity contribution in [2.24, 2.45) is 0 Å². The van der Waals surface area contributed by atoms with Crippen molar-refractivity contribution in [2.75, 3.05) is 10.2 Å². The number of benzene rings is 2. The van der Waals surface area contributed by atoms with Crippen LogP contribution in [0.4, 0.5) is 11.4 Å². The first-order valence-corrected chi connectivity index (χ1v) is 7.32. The third kappa shape index (κ3) is 2.48. The number of hydrogen-bond acceptors (Lipinski definition) is 2. The third-order valence-electron chi connectivity index (χ3n) is 4.02. The quantitative estimate of drug-likeness (QED) is 0.926. The molecule has 0 saturated heterocycles. The summed E-state index contributed by atoms with van der Waals surface area (Å²) >= 11 is 0. The van der Waals surface area contributed by atoms with E-state index in [1.807, 2.05) is 55.5 Å². The lowest BCUT2D eigenvalue weighted by atomic mass is 10.1. The number of nitrogens with zero attached hydrogens (tertiary/aromatic N) is 1. The van der Waals surface area contributed by atoms with Crippen LogP contribution in [-0.2, 0) is 16.0 Å². The highest BCUT2D eigenvalue weighted by molar-refractivity contribution is 6.06. The maximum absolute atomic E-state index is 12.6. The number of anilines is 2. The molecule has 1 aliphatic heterocycles. The summed E-state index contributed by atoms with van der Waals surface area (Å²) in [5, 5.41) is 2.94. The first kappa shape index (κ1) is 14.3. The first-order chi connectivity index (χ1) is 10.6. The Morgan fingerprint density at radius 3 is 2.50 bits per heavy atom. The Bertz CT molecular complexity index is 739. The van der Waals surface area contributed by atoms with Gasteiger partial charge in [0, 0.05) is 24.7 Å². The van der Waals surface area contributed by atoms with Crippen LogP contribution in [-0.4, -0.2) is 17.9 Å². The van der Waals surface area contributed by atoms with E-state index in [9.17, 15) is 9.59 Å². The Hall–Kier alpha value is -2.62. The zero-order valence-electron chi connectivity index (χ0n) is 12.7. The summed E-state index contributed by atoms with van der Waals surface area (Å²) in [4.78, 5) is 26.2. The normalized spacial score (nSPS) is 16.3. The molecular formula is C18H18N2O2. The van der Waals surface area contributed by atoms with E-state index < -0.39 is 6.04 Å². The summed E-state index contributed by atoms with van der Waals surface area (Å²) in [5.41, 5.74) is 3.65. The zero-order chi connectivity index (χ0) is 15.7. The number of aryl methyl sites for hydroxylation is 1. The molecule has 2 aromatic carbocycles. The van der Waals surface area contributed by atoms with Gasteiger partial charge in [-0.15, -0.1) is 0 Å². The second-order valence-electron chi connectivity index (χ2n) is 5.54. The van der Waals surface area contributed by atoms with Gasteiger partial charge in [-0.3, -0.25) is 14.5 Å². The van der Waals surface area contributed by atoms with Crippen molar-refractivity contribution < 1.29 is 9.59 Å². The van der Waals surface area contributed by atoms with Crippen molar-refractivity contribution in [3.63, 3.8) is 0 Å². The van der Waals surface area contributed by atoms with Gasteiger partial charge in [0.25, 0.3) is 0 Å². The van der Waals surface area contributed by atoms with Gasteiger partial charge >= 0.3 is 0 Å². The molecule has 1 aliphatic rings. The maximum Gasteiger partial charge on any atom is 0.247 e. The summed E-state index contributed by atoms with van der Waals surface area (Å²) < 4.78 is 0. The van der Waals surface area contributed by atoms with E-state index in [2.05, 4.69) is 5.32 Å². The minimum Gasteiger partial charge on any atom is -0.324 e. The number of para-hydroxylation sites is 2. The van der Waals surface area contributed by atoms with E-state index in [1.54, 1.807) is 4.90 Å². The van der Waals surface area contributed by atoms with Gasteiger partial charge in [-0.05, 0) is 30.2 Å². The largest absolute Gasteiger partial charge is 0.324 e. The lowest BCUT2D eigenvalue weighted by molar-refractivity contribution is -0.122. The molecule has 1 atom stereocenters. The summed E-state index contributed by atoms with van der Waals surface area (Å²) in [6.07, 6.45) is 0.549. The molecule has 1 N–H and O–H groups in total. The molecule has 0 spiro atoms. The fourth-order valence-corrected chi connectivity index (χ4v) is 2.91. The Labute approximate surface area is 129 Å². The van der Waals surface area contributed by atoms with Crippen molar-refractivity contribution in [3.05, 3.63) is 59.7 Å². The van der Waals surface area contributed by atoms with Crippen LogP contribution in [0.15, 0.2) is 48.5 Å². The zero-order valence-corrected chi connectivity index (χ0v) is 12.7. The number of fused-ring (bicyclic) bond motifs is 1. The highest BCUT2D eigenvalue weighted by Crippen LogP contribution is 2.32. The van der Waals surface area contributed by atoms with Crippen LogP contribution in [0.2, 0.25) is 0 Å². The molecule has 2 aromatic rings. The molecular weight excluding hydrogens is 276 g/mol. The van der Waals surface area contributed by atoms with Crippen LogP contribution in [0.3, 0.4) is 0 Å². The summed E-state index contributed by atoms with van der Waals surface area (Å²) in [6.45, 7) is 3.44. The number of hydrogen-bond donors (Lipinski definition) is 1. The van der Waals surface area contributed by atoms with Gasteiger partial charge in [-0.25, -0.2) is 0 Å². The van der Waals surface area contributed by atoms with Gasteiger partial charge in [0.2, 0.25) is 11.8 Å². The monoisotopic (exact) mass is 294 g/mol. The highest BCUT2D eigenvalue weighted by atomic mass is 16.2. The van der Waals surface area contributed by atoms with E-state index in [4.69, 9.17) is 0 Å². The van der Waals surface area contributed by atoms with Gasteiger partial charge < -0.3 is 5.32 Å². The molecule has 112 valence electrons. The number of carbonyl (C=O) groups excluding carboxylic acids is 2. The maximum atomic E-state index is 12.6. The van der Waals surface area contributed by atoms with Gasteiger partial charge in [0.05, 0.1) is 0 Å². The van der Waals surface area contributed by atoms with Crippen molar-refractivity contribution in [1.82, 2.24) is 0 Å². The standard InChI is InChI=1S/C18H18N2O2/c1-12-7-3-5-9-15(12)19-18(22)17-11-14-8-4-6-10-16(14)20(17)13(2)21/h3-10,17H,11H2,1-2H3,(H,19,22)/t17-/m0/s1. The fraction of sp³-hybridized carbons (Fsp3) is 0.222. The van der Waals surface area contributed by atoms with Crippen LogP contribution >= 0.6 is 0 Å². The number of carbonyl (C=O) groups is 2. The molecule has 1 heterocycles. The SMILES string of the molecule is CC(=O)N1c2ccccc2C[C@H]1C(=O)Nc1ccccc1C. The molecule has 0 saturated carbocycles. The average molecular weight is 294 g/mol. The van der Waals surface area contributed by atoms with E-state index in [0.29, 0.717) is 6.42 Å². The first-order valence-electron chi connectivity index (χ1n) is 7.32. The fourth-order valence-electron chi connectivity index (χ4n) is 2.91. The predicted octanol–water partition coefficient (Wildman–Crippen LogP) is 2.91. The highest BCUT2D eigenvalue weighted by Gasteiger charge is 2.36. The smallest absolute Gasteiger partial charge is 0.247 e. The summed E-state index contributed by atoms with van der Waals surface area (Å²) in [5.74, 6) is -0.268. The van der Waals surface area contributed by atoms with E-state index in [-0.39, 0.29) is 11.8 Å². The average Bonchev–Trinajstić information content (AvgIpc) is 2.89. The van der Waals surface area contributed by atoms with Gasteiger partial charge in [-0.1, -0.05) is 36.4 Å². The van der Waals surface area contributed by atoms with E-state index in [0.717, 1.165) is 22.5 Å². The molecule has 0 aromatic heterocycles. The third-order valence-corrected chi connectivity index (χ3v) is 4.02. The molecule has 22 heavy (non-hydrogen) atoms.